The number of hydrogen-bond acceptors (Lipinski definition) is 2. The average molecular weight is 225 g/mol. The lowest BCUT2D eigenvalue weighted by molar-refractivity contribution is 0.102. The molecular weight excluding hydrogens is 212 g/mol. The highest BCUT2D eigenvalue weighted by Crippen LogP contribution is 2.18. The van der Waals surface area contributed by atoms with Crippen molar-refractivity contribution in [2.24, 2.45) is 0 Å². The Morgan fingerprint density at radius 3 is 2.65 bits per heavy atom. The number of nitrogens with one attached hydrogen (secondary N) is 1. The molecule has 0 aliphatic heterocycles. The van der Waals surface area contributed by atoms with Gasteiger partial charge in [0.1, 0.15) is 0 Å². The first-order valence-corrected chi connectivity index (χ1v) is 5.31. The Bertz CT molecular complexity index is 535. The fourth-order valence-electron chi connectivity index (χ4n) is 1.52. The molecule has 3 nitrogen and oxygen atoms in total. The molecule has 1 heterocycles. The molecule has 0 aliphatic carbocycles. The van der Waals surface area contributed by atoms with Crippen molar-refractivity contribution in [3.05, 3.63) is 66.3 Å². The molecule has 0 unspecified atom stereocenters. The van der Waals surface area contributed by atoms with E-state index in [0.717, 1.165) is 16.8 Å². The molecule has 1 aromatic carbocycles. The summed E-state index contributed by atoms with van der Waals surface area (Å²) in [5.74, 6) is -0.150. The zero-order chi connectivity index (χ0) is 12.3. The van der Waals surface area contributed by atoms with Gasteiger partial charge in [-0.05, 0) is 43.2 Å². The summed E-state index contributed by atoms with van der Waals surface area (Å²) in [4.78, 5) is 15.8. The van der Waals surface area contributed by atoms with Crippen LogP contribution in [0.25, 0.3) is 0 Å². The van der Waals surface area contributed by atoms with Crippen molar-refractivity contribution in [3.8, 4) is 0 Å². The van der Waals surface area contributed by atoms with Crippen LogP contribution in [-0.2, 0) is 0 Å². The topological polar surface area (TPSA) is 42.0 Å². The molecule has 85 valence electrons. The molecule has 1 radical (unpaired) electrons. The number of pyridine rings is 1. The summed E-state index contributed by atoms with van der Waals surface area (Å²) in [6, 6.07) is 9.05. The van der Waals surface area contributed by atoms with E-state index in [1.165, 1.54) is 0 Å². The predicted octanol–water partition coefficient (Wildman–Crippen LogP) is 2.82. The van der Waals surface area contributed by atoms with Crippen LogP contribution >= 0.6 is 0 Å². The van der Waals surface area contributed by atoms with Crippen LogP contribution in [0, 0.1) is 13.8 Å². The minimum absolute atomic E-state index is 0.150. The van der Waals surface area contributed by atoms with Gasteiger partial charge in [-0.1, -0.05) is 12.1 Å². The largest absolute Gasteiger partial charge is 0.322 e. The van der Waals surface area contributed by atoms with Crippen LogP contribution in [0.2, 0.25) is 0 Å². The van der Waals surface area contributed by atoms with E-state index in [1.807, 2.05) is 25.1 Å². The Labute approximate surface area is 101 Å². The van der Waals surface area contributed by atoms with E-state index in [0.29, 0.717) is 5.56 Å². The molecule has 0 bridgehead atoms. The lowest BCUT2D eigenvalue weighted by atomic mass is 10.1. The molecule has 1 N–H and O–H groups in total. The smallest absolute Gasteiger partial charge is 0.255 e. The van der Waals surface area contributed by atoms with Gasteiger partial charge in [0.05, 0.1) is 0 Å². The highest BCUT2D eigenvalue weighted by atomic mass is 16.1. The van der Waals surface area contributed by atoms with E-state index in [4.69, 9.17) is 0 Å². The van der Waals surface area contributed by atoms with Gasteiger partial charge in [-0.2, -0.15) is 0 Å². The highest BCUT2D eigenvalue weighted by molar-refractivity contribution is 6.04. The van der Waals surface area contributed by atoms with Gasteiger partial charge in [0.2, 0.25) is 0 Å². The summed E-state index contributed by atoms with van der Waals surface area (Å²) in [6.45, 7) is 5.90. The SMILES string of the molecule is [CH2]c1c(C)cccc1NC(=O)c1ccncc1. The zero-order valence-electron chi connectivity index (χ0n) is 9.60. The van der Waals surface area contributed by atoms with Crippen molar-refractivity contribution in [1.82, 2.24) is 4.98 Å². The molecule has 2 aromatic rings. The quantitative estimate of drug-likeness (QED) is 0.853. The number of aromatic nitrogens is 1. The average Bonchev–Trinajstić information content (AvgIpc) is 2.36. The fourth-order valence-corrected chi connectivity index (χ4v) is 1.52. The number of rotatable bonds is 2. The first-order valence-electron chi connectivity index (χ1n) is 5.31. The second-order valence-corrected chi connectivity index (χ2v) is 3.79. The number of nitrogens with zero attached hydrogens (tertiary/aromatic N) is 1. The van der Waals surface area contributed by atoms with Gasteiger partial charge in [-0.25, -0.2) is 0 Å². The van der Waals surface area contributed by atoms with Crippen molar-refractivity contribution in [2.75, 3.05) is 5.32 Å². The van der Waals surface area contributed by atoms with E-state index in [9.17, 15) is 4.79 Å². The van der Waals surface area contributed by atoms with Crippen LogP contribution in [0.5, 0.6) is 0 Å². The molecule has 1 aromatic heterocycles. The number of hydrogen-bond donors (Lipinski definition) is 1. The van der Waals surface area contributed by atoms with Crippen LogP contribution in [-0.4, -0.2) is 10.9 Å². The number of amides is 1. The van der Waals surface area contributed by atoms with Crippen LogP contribution < -0.4 is 5.32 Å². The van der Waals surface area contributed by atoms with Crippen LogP contribution in [0.4, 0.5) is 5.69 Å². The second-order valence-electron chi connectivity index (χ2n) is 3.79. The van der Waals surface area contributed by atoms with Gasteiger partial charge in [-0.3, -0.25) is 9.78 Å². The van der Waals surface area contributed by atoms with E-state index in [-0.39, 0.29) is 5.91 Å². The second kappa shape index (κ2) is 4.78. The van der Waals surface area contributed by atoms with Crippen molar-refractivity contribution >= 4 is 11.6 Å². The van der Waals surface area contributed by atoms with E-state index in [2.05, 4.69) is 17.2 Å². The maximum Gasteiger partial charge on any atom is 0.255 e. The van der Waals surface area contributed by atoms with E-state index < -0.39 is 0 Å². The van der Waals surface area contributed by atoms with Crippen molar-refractivity contribution in [2.45, 2.75) is 6.92 Å². The Morgan fingerprint density at radius 2 is 1.94 bits per heavy atom. The number of carbonyl (C=O) groups is 1. The summed E-state index contributed by atoms with van der Waals surface area (Å²) in [5.41, 5.74) is 3.22. The first kappa shape index (κ1) is 11.3. The Balaban J connectivity index is 2.22. The summed E-state index contributed by atoms with van der Waals surface area (Å²) in [5, 5.41) is 2.84. The molecule has 2 rings (SSSR count). The molecule has 0 fully saturated rings. The van der Waals surface area contributed by atoms with Crippen molar-refractivity contribution < 1.29 is 4.79 Å². The normalized spacial score (nSPS) is 10.0. The highest BCUT2D eigenvalue weighted by Gasteiger charge is 2.07. The lowest BCUT2D eigenvalue weighted by Gasteiger charge is -2.09. The van der Waals surface area contributed by atoms with E-state index in [1.54, 1.807) is 24.5 Å². The molecule has 1 amide bonds. The van der Waals surface area contributed by atoms with Gasteiger partial charge in [0.15, 0.2) is 0 Å². The Kier molecular flexibility index (Phi) is 3.19. The predicted molar refractivity (Wildman–Crippen MR) is 67.8 cm³/mol. The van der Waals surface area contributed by atoms with Gasteiger partial charge in [0, 0.05) is 23.6 Å². The Morgan fingerprint density at radius 1 is 1.24 bits per heavy atom. The number of anilines is 1. The number of carbonyl (C=O) groups excluding carboxylic acids is 1. The Hall–Kier alpha value is -2.16. The van der Waals surface area contributed by atoms with Crippen LogP contribution in [0.1, 0.15) is 21.5 Å². The van der Waals surface area contributed by atoms with Gasteiger partial charge < -0.3 is 5.32 Å². The number of benzene rings is 1. The molecule has 3 heteroatoms. The molecule has 0 saturated carbocycles. The van der Waals surface area contributed by atoms with Crippen molar-refractivity contribution in [3.63, 3.8) is 0 Å². The molecular formula is C14H13N2O. The van der Waals surface area contributed by atoms with Gasteiger partial charge in [-0.15, -0.1) is 0 Å². The standard InChI is InChI=1S/C14H13N2O/c1-10-4-3-5-13(11(10)2)16-14(17)12-6-8-15-9-7-12/h3-9H,2H2,1H3,(H,16,17). The molecule has 0 saturated heterocycles. The third kappa shape index (κ3) is 2.50. The first-order chi connectivity index (χ1) is 8.18. The van der Waals surface area contributed by atoms with Gasteiger partial charge in [0.25, 0.3) is 5.91 Å². The third-order valence-electron chi connectivity index (χ3n) is 2.60. The molecule has 0 spiro atoms. The summed E-state index contributed by atoms with van der Waals surface area (Å²) in [7, 11) is 0. The van der Waals surface area contributed by atoms with Crippen LogP contribution in [0.15, 0.2) is 42.7 Å². The minimum atomic E-state index is -0.150. The molecule has 17 heavy (non-hydrogen) atoms. The van der Waals surface area contributed by atoms with Crippen molar-refractivity contribution in [1.29, 1.82) is 0 Å². The third-order valence-corrected chi connectivity index (χ3v) is 2.60. The fraction of sp³-hybridized carbons (Fsp3) is 0.0714. The summed E-state index contributed by atoms with van der Waals surface area (Å²) < 4.78 is 0. The van der Waals surface area contributed by atoms with Crippen LogP contribution in [0.3, 0.4) is 0 Å². The molecule has 0 aliphatic rings. The summed E-state index contributed by atoms with van der Waals surface area (Å²) in [6.07, 6.45) is 3.19. The van der Waals surface area contributed by atoms with Gasteiger partial charge >= 0.3 is 0 Å². The monoisotopic (exact) mass is 225 g/mol. The maximum absolute atomic E-state index is 11.9. The zero-order valence-corrected chi connectivity index (χ0v) is 9.60. The minimum Gasteiger partial charge on any atom is -0.322 e. The maximum atomic E-state index is 11.9. The van der Waals surface area contributed by atoms with E-state index >= 15 is 0 Å². The number of aryl methyl sites for hydroxylation is 1. The summed E-state index contributed by atoms with van der Waals surface area (Å²) >= 11 is 0. The molecule has 0 atom stereocenters. The lowest BCUT2D eigenvalue weighted by Crippen LogP contribution is -2.12.